The van der Waals surface area contributed by atoms with Crippen LogP contribution >= 0.6 is 0 Å². The van der Waals surface area contributed by atoms with Crippen molar-refractivity contribution >= 4 is 12.2 Å². The number of nitrogens with zero attached hydrogens (tertiary/aromatic N) is 2. The van der Waals surface area contributed by atoms with Gasteiger partial charge in [-0.15, -0.1) is 10.2 Å². The Labute approximate surface area is 122 Å². The first-order chi connectivity index (χ1) is 10.1. The van der Waals surface area contributed by atoms with Crippen molar-refractivity contribution in [1.82, 2.24) is 15.5 Å². The molecule has 0 aliphatic rings. The summed E-state index contributed by atoms with van der Waals surface area (Å²) in [5, 5.41) is 10.1. The molecular weight excluding hydrogens is 270 g/mol. The van der Waals surface area contributed by atoms with Gasteiger partial charge in [0.1, 0.15) is 0 Å². The van der Waals surface area contributed by atoms with Gasteiger partial charge in [-0.05, 0) is 11.5 Å². The molecule has 0 saturated carbocycles. The van der Waals surface area contributed by atoms with Crippen molar-refractivity contribution in [2.24, 2.45) is 5.92 Å². The van der Waals surface area contributed by atoms with Crippen LogP contribution in [0.3, 0.4) is 0 Å². The van der Waals surface area contributed by atoms with E-state index in [4.69, 9.17) is 4.42 Å². The van der Waals surface area contributed by atoms with Crippen molar-refractivity contribution in [1.29, 1.82) is 0 Å². The summed E-state index contributed by atoms with van der Waals surface area (Å²) in [6.07, 6.45) is 0.971. The third-order valence-electron chi connectivity index (χ3n) is 3.07. The number of rotatable bonds is 7. The van der Waals surface area contributed by atoms with E-state index in [1.54, 1.807) is 0 Å². The largest absolute Gasteiger partial charge is 0.418 e. The minimum Gasteiger partial charge on any atom is -0.418 e. The fourth-order valence-electron chi connectivity index (χ4n) is 1.97. The van der Waals surface area contributed by atoms with Crippen LogP contribution in [0.1, 0.15) is 36.0 Å². The molecule has 0 saturated heterocycles. The highest BCUT2D eigenvalue weighted by molar-refractivity contribution is 5.97. The van der Waals surface area contributed by atoms with Crippen molar-refractivity contribution in [3.05, 3.63) is 47.7 Å². The molecule has 1 unspecified atom stereocenters. The van der Waals surface area contributed by atoms with Gasteiger partial charge < -0.3 is 9.73 Å². The van der Waals surface area contributed by atoms with Crippen LogP contribution in [0.15, 0.2) is 34.7 Å². The fraction of sp³-hybridized carbons (Fsp3) is 0.333. The van der Waals surface area contributed by atoms with E-state index in [-0.39, 0.29) is 17.6 Å². The van der Waals surface area contributed by atoms with Crippen LogP contribution in [0.5, 0.6) is 0 Å². The van der Waals surface area contributed by atoms with E-state index >= 15 is 0 Å². The monoisotopic (exact) mass is 287 g/mol. The van der Waals surface area contributed by atoms with Gasteiger partial charge in [-0.1, -0.05) is 44.2 Å². The first kappa shape index (κ1) is 14.9. The molecule has 0 bridgehead atoms. The lowest BCUT2D eigenvalue weighted by molar-refractivity contribution is -0.110. The van der Waals surface area contributed by atoms with Crippen LogP contribution in [-0.4, -0.2) is 28.4 Å². The Balaban J connectivity index is 2.11. The summed E-state index contributed by atoms with van der Waals surface area (Å²) >= 11 is 0. The smallest absolute Gasteiger partial charge is 0.286 e. The second kappa shape index (κ2) is 6.78. The van der Waals surface area contributed by atoms with Crippen molar-refractivity contribution in [2.45, 2.75) is 26.3 Å². The second-order valence-corrected chi connectivity index (χ2v) is 5.03. The molecule has 0 spiro atoms. The normalized spacial score (nSPS) is 12.1. The van der Waals surface area contributed by atoms with E-state index < -0.39 is 6.04 Å². The molecule has 6 heteroatoms. The van der Waals surface area contributed by atoms with Gasteiger partial charge in [0, 0.05) is 0 Å². The summed E-state index contributed by atoms with van der Waals surface area (Å²) in [4.78, 5) is 22.8. The van der Waals surface area contributed by atoms with Gasteiger partial charge >= 0.3 is 0 Å². The van der Waals surface area contributed by atoms with E-state index in [0.29, 0.717) is 18.7 Å². The topological polar surface area (TPSA) is 85.1 Å². The number of ketones is 1. The van der Waals surface area contributed by atoms with Crippen LogP contribution in [0.25, 0.3) is 0 Å². The Morgan fingerprint density at radius 2 is 2.00 bits per heavy atom. The SMILES string of the molecule is CC(C)C(NC=O)C(=O)c1nnc(Cc2ccccc2)o1. The van der Waals surface area contributed by atoms with Gasteiger partial charge in [-0.25, -0.2) is 0 Å². The molecule has 2 aromatic rings. The van der Waals surface area contributed by atoms with Gasteiger partial charge in [0.25, 0.3) is 5.89 Å². The minimum absolute atomic E-state index is 0.0628. The lowest BCUT2D eigenvalue weighted by atomic mass is 10.0. The maximum absolute atomic E-state index is 12.2. The quantitative estimate of drug-likeness (QED) is 0.617. The van der Waals surface area contributed by atoms with Gasteiger partial charge in [-0.2, -0.15) is 0 Å². The van der Waals surface area contributed by atoms with Crippen LogP contribution in [0.4, 0.5) is 0 Å². The fourth-order valence-corrected chi connectivity index (χ4v) is 1.97. The molecule has 0 aliphatic carbocycles. The van der Waals surface area contributed by atoms with Crippen LogP contribution in [0, 0.1) is 5.92 Å². The average Bonchev–Trinajstić information content (AvgIpc) is 2.93. The summed E-state index contributed by atoms with van der Waals surface area (Å²) in [7, 11) is 0. The molecule has 2 rings (SSSR count). The number of hydrogen-bond donors (Lipinski definition) is 1. The highest BCUT2D eigenvalue weighted by Crippen LogP contribution is 2.12. The summed E-state index contributed by atoms with van der Waals surface area (Å²) < 4.78 is 5.40. The number of carbonyl (C=O) groups excluding carboxylic acids is 2. The molecule has 0 fully saturated rings. The number of hydrogen-bond acceptors (Lipinski definition) is 5. The zero-order chi connectivity index (χ0) is 15.2. The number of benzene rings is 1. The molecular formula is C15H17N3O3. The highest BCUT2D eigenvalue weighted by atomic mass is 16.4. The summed E-state index contributed by atoms with van der Waals surface area (Å²) in [5.41, 5.74) is 1.02. The average molecular weight is 287 g/mol. The Bertz CT molecular complexity index is 608. The first-order valence-corrected chi connectivity index (χ1v) is 6.72. The minimum atomic E-state index is -0.660. The maximum Gasteiger partial charge on any atom is 0.286 e. The molecule has 1 atom stereocenters. The number of aromatic nitrogens is 2. The van der Waals surface area contributed by atoms with Crippen molar-refractivity contribution < 1.29 is 14.0 Å². The lowest BCUT2D eigenvalue weighted by Gasteiger charge is -2.16. The maximum atomic E-state index is 12.2. The second-order valence-electron chi connectivity index (χ2n) is 5.03. The van der Waals surface area contributed by atoms with Gasteiger partial charge in [0.05, 0.1) is 12.5 Å². The van der Waals surface area contributed by atoms with E-state index in [0.717, 1.165) is 5.56 Å². The molecule has 1 amide bonds. The predicted molar refractivity (Wildman–Crippen MR) is 75.7 cm³/mol. The first-order valence-electron chi connectivity index (χ1n) is 6.72. The van der Waals surface area contributed by atoms with E-state index in [1.807, 2.05) is 44.2 Å². The van der Waals surface area contributed by atoms with Crippen LogP contribution < -0.4 is 5.32 Å². The molecule has 1 aromatic carbocycles. The molecule has 1 heterocycles. The van der Waals surface area contributed by atoms with Crippen molar-refractivity contribution in [3.8, 4) is 0 Å². The number of nitrogens with one attached hydrogen (secondary N) is 1. The number of Topliss-reactive ketones (excluding diaryl/α,β-unsaturated/α-hetero) is 1. The Morgan fingerprint density at radius 3 is 2.62 bits per heavy atom. The molecule has 1 N–H and O–H groups in total. The standard InChI is InChI=1S/C15H17N3O3/c1-10(2)13(16-9-19)14(20)15-18-17-12(21-15)8-11-6-4-3-5-7-11/h3-7,9-10,13H,8H2,1-2H3,(H,16,19). The Morgan fingerprint density at radius 1 is 1.29 bits per heavy atom. The lowest BCUT2D eigenvalue weighted by Crippen LogP contribution is -2.40. The van der Waals surface area contributed by atoms with Gasteiger partial charge in [-0.3, -0.25) is 9.59 Å². The third kappa shape index (κ3) is 3.75. The van der Waals surface area contributed by atoms with E-state index in [2.05, 4.69) is 15.5 Å². The molecule has 0 radical (unpaired) electrons. The summed E-state index contributed by atoms with van der Waals surface area (Å²) in [6.45, 7) is 3.67. The highest BCUT2D eigenvalue weighted by Gasteiger charge is 2.27. The molecule has 6 nitrogen and oxygen atoms in total. The molecule has 110 valence electrons. The summed E-state index contributed by atoms with van der Waals surface area (Å²) in [6, 6.07) is 8.98. The third-order valence-corrected chi connectivity index (χ3v) is 3.07. The zero-order valence-electron chi connectivity index (χ0n) is 11.9. The Hall–Kier alpha value is -2.50. The predicted octanol–water partition coefficient (Wildman–Crippen LogP) is 1.61. The van der Waals surface area contributed by atoms with Crippen LogP contribution in [0.2, 0.25) is 0 Å². The molecule has 1 aromatic heterocycles. The number of amides is 1. The van der Waals surface area contributed by atoms with Crippen molar-refractivity contribution in [2.75, 3.05) is 0 Å². The molecule has 0 aliphatic heterocycles. The zero-order valence-corrected chi connectivity index (χ0v) is 11.9. The Kier molecular flexibility index (Phi) is 4.81. The van der Waals surface area contributed by atoms with E-state index in [1.165, 1.54) is 0 Å². The van der Waals surface area contributed by atoms with Crippen LogP contribution in [-0.2, 0) is 11.2 Å². The number of carbonyl (C=O) groups is 2. The summed E-state index contributed by atoms with van der Waals surface area (Å²) in [5.74, 6) is -0.136. The molecule has 21 heavy (non-hydrogen) atoms. The van der Waals surface area contributed by atoms with Gasteiger partial charge in [0.15, 0.2) is 0 Å². The van der Waals surface area contributed by atoms with Gasteiger partial charge in [0.2, 0.25) is 18.1 Å². The van der Waals surface area contributed by atoms with E-state index in [9.17, 15) is 9.59 Å². The van der Waals surface area contributed by atoms with Crippen molar-refractivity contribution in [3.63, 3.8) is 0 Å².